The predicted octanol–water partition coefficient (Wildman–Crippen LogP) is 2.72. The average molecular weight is 272 g/mol. The molecule has 0 unspecified atom stereocenters. The molecule has 1 fully saturated rings. The highest BCUT2D eigenvalue weighted by Gasteiger charge is 2.41. The molecule has 104 valence electrons. The van der Waals surface area contributed by atoms with Gasteiger partial charge in [0.15, 0.2) is 0 Å². The summed E-state index contributed by atoms with van der Waals surface area (Å²) >= 11 is 0. The maximum Gasteiger partial charge on any atom is 0.335 e. The zero-order valence-electron chi connectivity index (χ0n) is 11.3. The number of nitrogens with one attached hydrogen (secondary N) is 1. The third kappa shape index (κ3) is 2.50. The lowest BCUT2D eigenvalue weighted by Gasteiger charge is -2.20. The molecule has 1 aromatic carbocycles. The van der Waals surface area contributed by atoms with Crippen LogP contribution in [0.4, 0.5) is 5.69 Å². The highest BCUT2D eigenvalue weighted by Crippen LogP contribution is 2.38. The van der Waals surface area contributed by atoms with Crippen molar-refractivity contribution < 1.29 is 14.7 Å². The van der Waals surface area contributed by atoms with E-state index >= 15 is 0 Å². The molecule has 0 radical (unpaired) electrons. The van der Waals surface area contributed by atoms with Crippen LogP contribution in [0, 0.1) is 23.7 Å². The topological polar surface area (TPSA) is 90.2 Å². The lowest BCUT2D eigenvalue weighted by molar-refractivity contribution is -0.122. The van der Waals surface area contributed by atoms with E-state index in [1.807, 2.05) is 0 Å². The molecule has 0 atom stereocenters. The van der Waals surface area contributed by atoms with Crippen molar-refractivity contribution in [3.05, 3.63) is 29.3 Å². The van der Waals surface area contributed by atoms with Gasteiger partial charge in [0.2, 0.25) is 5.91 Å². The Hall–Kier alpha value is -2.35. The zero-order chi connectivity index (χ0) is 14.8. The first-order valence-corrected chi connectivity index (χ1v) is 6.55. The molecule has 0 bridgehead atoms. The number of aromatic carboxylic acids is 1. The van der Waals surface area contributed by atoms with Crippen LogP contribution in [0.5, 0.6) is 0 Å². The molecule has 0 aliphatic heterocycles. The highest BCUT2D eigenvalue weighted by molar-refractivity contribution is 5.99. The molecule has 1 aliphatic carbocycles. The van der Waals surface area contributed by atoms with Gasteiger partial charge in [0.1, 0.15) is 5.41 Å². The molecule has 2 N–H and O–H groups in total. The van der Waals surface area contributed by atoms with Crippen LogP contribution in [-0.4, -0.2) is 17.0 Å². The van der Waals surface area contributed by atoms with Gasteiger partial charge in [-0.1, -0.05) is 18.9 Å². The summed E-state index contributed by atoms with van der Waals surface area (Å²) in [5.41, 5.74) is 0.375. The van der Waals surface area contributed by atoms with Crippen molar-refractivity contribution in [1.29, 1.82) is 5.26 Å². The molecule has 0 spiro atoms. The van der Waals surface area contributed by atoms with Gasteiger partial charge in [-0.2, -0.15) is 5.26 Å². The Balaban J connectivity index is 2.26. The Morgan fingerprint density at radius 3 is 2.55 bits per heavy atom. The molecule has 1 amide bonds. The van der Waals surface area contributed by atoms with E-state index in [1.165, 1.54) is 12.1 Å². The first-order valence-electron chi connectivity index (χ1n) is 6.55. The maximum atomic E-state index is 12.3. The standard InChI is InChI=1S/C15H16N2O3/c1-10-4-5-11(13(18)19)8-12(10)17-14(20)15(9-16)6-2-3-7-15/h4-5,8H,2-3,6-7H2,1H3,(H,17,20)(H,18,19). The van der Waals surface area contributed by atoms with Crippen molar-refractivity contribution in [1.82, 2.24) is 0 Å². The first kappa shape index (κ1) is 14.1. The predicted molar refractivity (Wildman–Crippen MR) is 73.3 cm³/mol. The number of hydrogen-bond acceptors (Lipinski definition) is 3. The van der Waals surface area contributed by atoms with Gasteiger partial charge in [-0.3, -0.25) is 4.79 Å². The number of rotatable bonds is 3. The second kappa shape index (κ2) is 5.33. The van der Waals surface area contributed by atoms with Gasteiger partial charge >= 0.3 is 5.97 Å². The van der Waals surface area contributed by atoms with E-state index in [-0.39, 0.29) is 11.5 Å². The molecule has 2 rings (SSSR count). The Kier molecular flexibility index (Phi) is 3.75. The van der Waals surface area contributed by atoms with E-state index in [9.17, 15) is 14.9 Å². The third-order valence-corrected chi connectivity index (χ3v) is 3.84. The van der Waals surface area contributed by atoms with E-state index in [0.29, 0.717) is 18.5 Å². The van der Waals surface area contributed by atoms with Crippen LogP contribution >= 0.6 is 0 Å². The van der Waals surface area contributed by atoms with E-state index in [0.717, 1.165) is 18.4 Å². The second-order valence-electron chi connectivity index (χ2n) is 5.19. The maximum absolute atomic E-state index is 12.3. The van der Waals surface area contributed by atoms with Crippen molar-refractivity contribution in [3.63, 3.8) is 0 Å². The van der Waals surface area contributed by atoms with Gasteiger partial charge in [0, 0.05) is 5.69 Å². The molecule has 1 saturated carbocycles. The van der Waals surface area contributed by atoms with Crippen LogP contribution < -0.4 is 5.32 Å². The fourth-order valence-corrected chi connectivity index (χ4v) is 2.50. The van der Waals surface area contributed by atoms with Crippen LogP contribution in [0.25, 0.3) is 0 Å². The van der Waals surface area contributed by atoms with Crippen LogP contribution in [0.2, 0.25) is 0 Å². The Bertz CT molecular complexity index is 596. The fraction of sp³-hybridized carbons (Fsp3) is 0.400. The quantitative estimate of drug-likeness (QED) is 0.885. The summed E-state index contributed by atoms with van der Waals surface area (Å²) in [5.74, 6) is -1.38. The van der Waals surface area contributed by atoms with E-state index in [1.54, 1.807) is 13.0 Å². The molecule has 0 heterocycles. The number of carbonyl (C=O) groups is 2. The lowest BCUT2D eigenvalue weighted by Crippen LogP contribution is -2.32. The van der Waals surface area contributed by atoms with Crippen LogP contribution in [0.3, 0.4) is 0 Å². The Morgan fingerprint density at radius 1 is 1.35 bits per heavy atom. The number of carboxylic acids is 1. The normalized spacial score (nSPS) is 16.4. The van der Waals surface area contributed by atoms with Crippen molar-refractivity contribution in [2.75, 3.05) is 5.32 Å². The third-order valence-electron chi connectivity index (χ3n) is 3.84. The summed E-state index contributed by atoms with van der Waals surface area (Å²) in [6.07, 6.45) is 2.87. The number of aryl methyl sites for hydroxylation is 1. The van der Waals surface area contributed by atoms with Gasteiger partial charge in [-0.15, -0.1) is 0 Å². The summed E-state index contributed by atoms with van der Waals surface area (Å²) < 4.78 is 0. The van der Waals surface area contributed by atoms with Crippen molar-refractivity contribution >= 4 is 17.6 Å². The van der Waals surface area contributed by atoms with Gasteiger partial charge in [0.25, 0.3) is 0 Å². The first-order chi connectivity index (χ1) is 9.48. The van der Waals surface area contributed by atoms with Crippen molar-refractivity contribution in [2.45, 2.75) is 32.6 Å². The largest absolute Gasteiger partial charge is 0.478 e. The average Bonchev–Trinajstić information content (AvgIpc) is 2.91. The number of nitriles is 1. The van der Waals surface area contributed by atoms with Crippen LogP contribution in [-0.2, 0) is 4.79 Å². The number of anilines is 1. The number of benzene rings is 1. The summed E-state index contributed by atoms with van der Waals surface area (Å²) in [5, 5.41) is 21.0. The van der Waals surface area contributed by atoms with E-state index in [2.05, 4.69) is 11.4 Å². The summed E-state index contributed by atoms with van der Waals surface area (Å²) in [6.45, 7) is 1.79. The number of nitrogens with zero attached hydrogens (tertiary/aromatic N) is 1. The van der Waals surface area contributed by atoms with Gasteiger partial charge in [-0.25, -0.2) is 4.79 Å². The van der Waals surface area contributed by atoms with Crippen LogP contribution in [0.15, 0.2) is 18.2 Å². The Morgan fingerprint density at radius 2 is 2.00 bits per heavy atom. The SMILES string of the molecule is Cc1ccc(C(=O)O)cc1NC(=O)C1(C#N)CCCC1. The summed E-state index contributed by atoms with van der Waals surface area (Å²) in [4.78, 5) is 23.3. The molecule has 1 aliphatic rings. The van der Waals surface area contributed by atoms with Crippen molar-refractivity contribution in [2.24, 2.45) is 5.41 Å². The fourth-order valence-electron chi connectivity index (χ4n) is 2.50. The van der Waals surface area contributed by atoms with Gasteiger partial charge < -0.3 is 10.4 Å². The molecule has 20 heavy (non-hydrogen) atoms. The molecule has 0 aromatic heterocycles. The smallest absolute Gasteiger partial charge is 0.335 e. The van der Waals surface area contributed by atoms with E-state index < -0.39 is 11.4 Å². The summed E-state index contributed by atoms with van der Waals surface area (Å²) in [6, 6.07) is 6.69. The number of hydrogen-bond donors (Lipinski definition) is 2. The minimum atomic E-state index is -1.05. The number of carboxylic acid groups (broad SMARTS) is 1. The van der Waals surface area contributed by atoms with Gasteiger partial charge in [0.05, 0.1) is 11.6 Å². The zero-order valence-corrected chi connectivity index (χ0v) is 11.3. The molecule has 1 aromatic rings. The minimum absolute atomic E-state index is 0.114. The highest BCUT2D eigenvalue weighted by atomic mass is 16.4. The van der Waals surface area contributed by atoms with Crippen LogP contribution in [0.1, 0.15) is 41.6 Å². The molecular formula is C15H16N2O3. The number of amides is 1. The van der Waals surface area contributed by atoms with Gasteiger partial charge in [-0.05, 0) is 37.5 Å². The van der Waals surface area contributed by atoms with Crippen molar-refractivity contribution in [3.8, 4) is 6.07 Å². The number of carbonyl (C=O) groups excluding carboxylic acids is 1. The molecule has 5 heteroatoms. The Labute approximate surface area is 117 Å². The van der Waals surface area contributed by atoms with E-state index in [4.69, 9.17) is 5.11 Å². The monoisotopic (exact) mass is 272 g/mol. The molecule has 0 saturated heterocycles. The molecule has 5 nitrogen and oxygen atoms in total. The second-order valence-corrected chi connectivity index (χ2v) is 5.19. The molecular weight excluding hydrogens is 256 g/mol. The lowest BCUT2D eigenvalue weighted by atomic mass is 9.87. The minimum Gasteiger partial charge on any atom is -0.478 e. The summed E-state index contributed by atoms with van der Waals surface area (Å²) in [7, 11) is 0.